The Morgan fingerprint density at radius 2 is 2.16 bits per heavy atom. The van der Waals surface area contributed by atoms with Gasteiger partial charge in [0.1, 0.15) is 5.82 Å². The Kier molecular flexibility index (Phi) is 4.18. The van der Waals surface area contributed by atoms with Crippen LogP contribution in [0.5, 0.6) is 0 Å². The van der Waals surface area contributed by atoms with Gasteiger partial charge in [0.15, 0.2) is 0 Å². The molecule has 4 heteroatoms. The van der Waals surface area contributed by atoms with E-state index in [-0.39, 0.29) is 0 Å². The number of hydrogen-bond acceptors (Lipinski definition) is 4. The largest absolute Gasteiger partial charge is 0.383 e. The summed E-state index contributed by atoms with van der Waals surface area (Å²) in [6.45, 7) is 5.12. The third-order valence-corrected chi connectivity index (χ3v) is 4.03. The van der Waals surface area contributed by atoms with Crippen molar-refractivity contribution in [1.29, 1.82) is 0 Å². The van der Waals surface area contributed by atoms with Gasteiger partial charge >= 0.3 is 0 Å². The minimum absolute atomic E-state index is 0.645. The highest BCUT2D eigenvalue weighted by Gasteiger charge is 2.14. The van der Waals surface area contributed by atoms with Crippen LogP contribution in [0.15, 0.2) is 18.3 Å². The summed E-state index contributed by atoms with van der Waals surface area (Å²) >= 11 is 0. The lowest BCUT2D eigenvalue weighted by atomic mass is 10.0. The van der Waals surface area contributed by atoms with E-state index in [0.717, 1.165) is 44.4 Å². The van der Waals surface area contributed by atoms with Gasteiger partial charge in [-0.05, 0) is 43.7 Å². The second-order valence-corrected chi connectivity index (χ2v) is 5.56. The number of rotatable bonds is 4. The van der Waals surface area contributed by atoms with E-state index in [4.69, 9.17) is 4.74 Å². The molecule has 0 bridgehead atoms. The first-order valence-electron chi connectivity index (χ1n) is 7.44. The number of nitrogens with zero attached hydrogens (tertiary/aromatic N) is 2. The van der Waals surface area contributed by atoms with E-state index in [2.05, 4.69) is 27.3 Å². The highest BCUT2D eigenvalue weighted by molar-refractivity contribution is 5.49. The topological polar surface area (TPSA) is 37.4 Å². The van der Waals surface area contributed by atoms with Crippen LogP contribution < -0.4 is 10.2 Å². The molecule has 0 spiro atoms. The molecule has 4 nitrogen and oxygen atoms in total. The quantitative estimate of drug-likeness (QED) is 0.903. The molecule has 1 unspecified atom stereocenters. The van der Waals surface area contributed by atoms with Crippen LogP contribution in [0.4, 0.5) is 11.5 Å². The molecule has 0 aliphatic carbocycles. The molecule has 2 fully saturated rings. The van der Waals surface area contributed by atoms with Crippen LogP contribution in [-0.2, 0) is 4.74 Å². The highest BCUT2D eigenvalue weighted by Crippen LogP contribution is 2.20. The van der Waals surface area contributed by atoms with Gasteiger partial charge in [-0.15, -0.1) is 0 Å². The van der Waals surface area contributed by atoms with Gasteiger partial charge in [-0.2, -0.15) is 0 Å². The molecule has 2 aliphatic rings. The van der Waals surface area contributed by atoms with Crippen molar-refractivity contribution in [2.24, 2.45) is 5.92 Å². The van der Waals surface area contributed by atoms with Gasteiger partial charge in [0.2, 0.25) is 0 Å². The number of hydrogen-bond donors (Lipinski definition) is 1. The SMILES string of the molecule is c1cc(N2CCCC2)ncc1NCC1CCCOC1. The van der Waals surface area contributed by atoms with Gasteiger partial charge < -0.3 is 15.0 Å². The Hall–Kier alpha value is -1.29. The maximum atomic E-state index is 5.49. The predicted octanol–water partition coefficient (Wildman–Crippen LogP) is 2.52. The van der Waals surface area contributed by atoms with E-state index in [1.165, 1.54) is 25.7 Å². The van der Waals surface area contributed by atoms with Crippen LogP contribution in [0.1, 0.15) is 25.7 Å². The fourth-order valence-corrected chi connectivity index (χ4v) is 2.85. The summed E-state index contributed by atoms with van der Waals surface area (Å²) in [5, 5.41) is 3.47. The molecule has 0 amide bonds. The number of nitrogens with one attached hydrogen (secondary N) is 1. The number of aromatic nitrogens is 1. The molecule has 0 aromatic carbocycles. The van der Waals surface area contributed by atoms with Crippen molar-refractivity contribution in [3.05, 3.63) is 18.3 Å². The van der Waals surface area contributed by atoms with Crippen LogP contribution in [0.2, 0.25) is 0 Å². The highest BCUT2D eigenvalue weighted by atomic mass is 16.5. The lowest BCUT2D eigenvalue weighted by molar-refractivity contribution is 0.0595. The first-order valence-corrected chi connectivity index (χ1v) is 7.44. The summed E-state index contributed by atoms with van der Waals surface area (Å²) < 4.78 is 5.49. The zero-order valence-corrected chi connectivity index (χ0v) is 11.5. The van der Waals surface area contributed by atoms with E-state index < -0.39 is 0 Å². The van der Waals surface area contributed by atoms with Gasteiger partial charge in [0.05, 0.1) is 18.5 Å². The van der Waals surface area contributed by atoms with Crippen molar-refractivity contribution in [2.45, 2.75) is 25.7 Å². The Morgan fingerprint density at radius 3 is 2.84 bits per heavy atom. The number of ether oxygens (including phenoxy) is 1. The first kappa shape index (κ1) is 12.7. The second-order valence-electron chi connectivity index (χ2n) is 5.56. The van der Waals surface area contributed by atoms with Gasteiger partial charge in [0.25, 0.3) is 0 Å². The molecule has 1 N–H and O–H groups in total. The molecule has 3 heterocycles. The maximum absolute atomic E-state index is 5.49. The molecule has 3 rings (SSSR count). The molecule has 1 aromatic heterocycles. The summed E-state index contributed by atoms with van der Waals surface area (Å²) in [5.74, 6) is 1.76. The molecule has 2 aliphatic heterocycles. The van der Waals surface area contributed by atoms with Crippen LogP contribution in [0.3, 0.4) is 0 Å². The van der Waals surface area contributed by atoms with Crippen molar-refractivity contribution >= 4 is 11.5 Å². The van der Waals surface area contributed by atoms with Crippen LogP contribution in [0.25, 0.3) is 0 Å². The molecule has 1 atom stereocenters. The molecule has 104 valence electrons. The second kappa shape index (κ2) is 6.24. The minimum Gasteiger partial charge on any atom is -0.383 e. The third-order valence-electron chi connectivity index (χ3n) is 4.03. The number of pyridine rings is 1. The molecule has 0 saturated carbocycles. The molecule has 2 saturated heterocycles. The van der Waals surface area contributed by atoms with Crippen molar-refractivity contribution in [2.75, 3.05) is 43.1 Å². The van der Waals surface area contributed by atoms with Crippen LogP contribution in [0, 0.1) is 5.92 Å². The van der Waals surface area contributed by atoms with Crippen LogP contribution in [-0.4, -0.2) is 37.8 Å². The summed E-state index contributed by atoms with van der Waals surface area (Å²) in [6.07, 6.45) is 7.01. The predicted molar refractivity (Wildman–Crippen MR) is 77.7 cm³/mol. The Morgan fingerprint density at radius 1 is 1.26 bits per heavy atom. The van der Waals surface area contributed by atoms with Gasteiger partial charge in [-0.1, -0.05) is 0 Å². The average molecular weight is 261 g/mol. The van der Waals surface area contributed by atoms with Crippen molar-refractivity contribution in [1.82, 2.24) is 4.98 Å². The van der Waals surface area contributed by atoms with Crippen LogP contribution >= 0.6 is 0 Å². The van der Waals surface area contributed by atoms with E-state index in [9.17, 15) is 0 Å². The average Bonchev–Trinajstić information content (AvgIpc) is 3.01. The Balaban J connectivity index is 1.50. The molecule has 0 radical (unpaired) electrons. The normalized spacial score (nSPS) is 23.6. The van der Waals surface area contributed by atoms with Crippen molar-refractivity contribution < 1.29 is 4.74 Å². The van der Waals surface area contributed by atoms with E-state index in [1.54, 1.807) is 0 Å². The molecule has 1 aromatic rings. The molecular weight excluding hydrogens is 238 g/mol. The lowest BCUT2D eigenvalue weighted by Gasteiger charge is -2.23. The Labute approximate surface area is 115 Å². The summed E-state index contributed by atoms with van der Waals surface area (Å²) in [5.41, 5.74) is 1.12. The zero-order valence-electron chi connectivity index (χ0n) is 11.5. The van der Waals surface area contributed by atoms with Gasteiger partial charge in [-0.25, -0.2) is 4.98 Å². The fourth-order valence-electron chi connectivity index (χ4n) is 2.85. The van der Waals surface area contributed by atoms with Gasteiger partial charge in [0, 0.05) is 26.2 Å². The summed E-state index contributed by atoms with van der Waals surface area (Å²) in [7, 11) is 0. The van der Waals surface area contributed by atoms with Crippen molar-refractivity contribution in [3.8, 4) is 0 Å². The smallest absolute Gasteiger partial charge is 0.128 e. The van der Waals surface area contributed by atoms with E-state index in [1.807, 2.05) is 6.20 Å². The minimum atomic E-state index is 0.645. The third kappa shape index (κ3) is 3.38. The zero-order chi connectivity index (χ0) is 12.9. The fraction of sp³-hybridized carbons (Fsp3) is 0.667. The summed E-state index contributed by atoms with van der Waals surface area (Å²) in [4.78, 5) is 6.92. The van der Waals surface area contributed by atoms with Crippen molar-refractivity contribution in [3.63, 3.8) is 0 Å². The number of anilines is 2. The van der Waals surface area contributed by atoms with Gasteiger partial charge in [-0.3, -0.25) is 0 Å². The van der Waals surface area contributed by atoms with E-state index >= 15 is 0 Å². The lowest BCUT2D eigenvalue weighted by Crippen LogP contribution is -2.24. The monoisotopic (exact) mass is 261 g/mol. The summed E-state index contributed by atoms with van der Waals surface area (Å²) in [6, 6.07) is 4.27. The molecule has 19 heavy (non-hydrogen) atoms. The van der Waals surface area contributed by atoms with E-state index in [0.29, 0.717) is 5.92 Å². The maximum Gasteiger partial charge on any atom is 0.128 e. The first-order chi connectivity index (χ1) is 9.42. The standard InChI is InChI=1S/C15H23N3O/c1-2-8-18(7-1)15-6-5-14(11-17-15)16-10-13-4-3-9-19-12-13/h5-6,11,13,16H,1-4,7-10,12H2. The molecular formula is C15H23N3O. The Bertz CT molecular complexity index is 381.